The van der Waals surface area contributed by atoms with Crippen LogP contribution in [-0.2, 0) is 0 Å². The summed E-state index contributed by atoms with van der Waals surface area (Å²) in [6, 6.07) is 3.53. The molecule has 0 atom stereocenters. The number of aromatic nitrogens is 2. The van der Waals surface area contributed by atoms with E-state index in [2.05, 4.69) is 9.97 Å². The van der Waals surface area contributed by atoms with Crippen molar-refractivity contribution in [3.05, 3.63) is 34.1 Å². The summed E-state index contributed by atoms with van der Waals surface area (Å²) in [4.78, 5) is 19.0. The molecule has 1 aromatic carbocycles. The number of aryl methyl sites for hydroxylation is 2. The molecule has 0 aliphatic carbocycles. The molecule has 0 spiro atoms. The summed E-state index contributed by atoms with van der Waals surface area (Å²) in [6.45, 7) is 3.61. The zero-order chi connectivity index (χ0) is 12.9. The molecule has 3 aromatic rings. The molecule has 0 aliphatic heterocycles. The lowest BCUT2D eigenvalue weighted by atomic mass is 10.1. The zero-order valence-electron chi connectivity index (χ0n) is 10.3. The fourth-order valence-electron chi connectivity index (χ4n) is 2.16. The maximum Gasteiger partial charge on any atom is 0.258 e. The van der Waals surface area contributed by atoms with Gasteiger partial charge in [0.2, 0.25) is 0 Å². The number of hydrogen-bond acceptors (Lipinski definition) is 4. The molecular formula is C13H12N2O3. The van der Waals surface area contributed by atoms with E-state index in [-0.39, 0.29) is 5.56 Å². The number of methoxy groups -OCH3 is 1. The van der Waals surface area contributed by atoms with Crippen LogP contribution in [-0.4, -0.2) is 17.1 Å². The first-order valence-corrected chi connectivity index (χ1v) is 5.58. The van der Waals surface area contributed by atoms with Crippen molar-refractivity contribution < 1.29 is 9.15 Å². The summed E-state index contributed by atoms with van der Waals surface area (Å²) in [5, 5.41) is 1.31. The minimum absolute atomic E-state index is 0.170. The Labute approximate surface area is 102 Å². The van der Waals surface area contributed by atoms with Gasteiger partial charge in [0.1, 0.15) is 11.6 Å². The second-order valence-corrected chi connectivity index (χ2v) is 4.23. The number of H-pyrrole nitrogens is 1. The normalized spacial score (nSPS) is 11.3. The van der Waals surface area contributed by atoms with Gasteiger partial charge in [-0.15, -0.1) is 0 Å². The molecule has 2 heterocycles. The highest BCUT2D eigenvalue weighted by molar-refractivity contribution is 6.06. The smallest absolute Gasteiger partial charge is 0.258 e. The first-order chi connectivity index (χ1) is 8.60. The zero-order valence-corrected chi connectivity index (χ0v) is 10.3. The van der Waals surface area contributed by atoms with Crippen molar-refractivity contribution >= 4 is 21.9 Å². The van der Waals surface area contributed by atoms with Crippen LogP contribution in [0.3, 0.4) is 0 Å². The van der Waals surface area contributed by atoms with Crippen LogP contribution < -0.4 is 10.3 Å². The van der Waals surface area contributed by atoms with Gasteiger partial charge in [-0.3, -0.25) is 4.79 Å². The number of rotatable bonds is 1. The third kappa shape index (κ3) is 1.40. The summed E-state index contributed by atoms with van der Waals surface area (Å²) in [5.74, 6) is 1.88. The van der Waals surface area contributed by atoms with E-state index in [1.807, 2.05) is 13.0 Å². The number of benzene rings is 1. The molecule has 0 unspecified atom stereocenters. The molecule has 2 aromatic heterocycles. The van der Waals surface area contributed by atoms with E-state index < -0.39 is 0 Å². The molecule has 1 N–H and O–H groups in total. The molecule has 0 saturated heterocycles. The summed E-state index contributed by atoms with van der Waals surface area (Å²) in [5.41, 5.74) is 1.10. The minimum atomic E-state index is -0.170. The Morgan fingerprint density at radius 1 is 1.28 bits per heavy atom. The maximum atomic E-state index is 11.9. The van der Waals surface area contributed by atoms with Gasteiger partial charge in [-0.1, -0.05) is 0 Å². The average Bonchev–Trinajstić information content (AvgIpc) is 2.70. The Hall–Kier alpha value is -2.30. The molecule has 18 heavy (non-hydrogen) atoms. The number of nitrogens with one attached hydrogen (secondary N) is 1. The van der Waals surface area contributed by atoms with Crippen molar-refractivity contribution in [2.45, 2.75) is 13.8 Å². The van der Waals surface area contributed by atoms with Crippen LogP contribution in [0.4, 0.5) is 0 Å². The van der Waals surface area contributed by atoms with E-state index in [1.54, 1.807) is 20.1 Å². The van der Waals surface area contributed by atoms with Crippen LogP contribution in [0.5, 0.6) is 5.75 Å². The number of ether oxygens (including phenoxy) is 1. The van der Waals surface area contributed by atoms with Gasteiger partial charge in [0.05, 0.1) is 23.4 Å². The number of nitrogens with zero attached hydrogens (tertiary/aromatic N) is 1. The fourth-order valence-corrected chi connectivity index (χ4v) is 2.16. The highest BCUT2D eigenvalue weighted by Crippen LogP contribution is 2.33. The summed E-state index contributed by atoms with van der Waals surface area (Å²) >= 11 is 0. The predicted molar refractivity (Wildman–Crippen MR) is 68.2 cm³/mol. The molecule has 0 fully saturated rings. The SMILES string of the molecule is COc1cc2c(=O)[nH]c(C)nc2c2cc(C)oc12. The van der Waals surface area contributed by atoms with Gasteiger partial charge in [-0.25, -0.2) is 4.98 Å². The van der Waals surface area contributed by atoms with Crippen LogP contribution in [0.2, 0.25) is 0 Å². The highest BCUT2D eigenvalue weighted by Gasteiger charge is 2.14. The molecule has 0 amide bonds. The summed E-state index contributed by atoms with van der Waals surface area (Å²) in [7, 11) is 1.55. The average molecular weight is 244 g/mol. The Bertz CT molecular complexity index is 814. The Morgan fingerprint density at radius 3 is 2.78 bits per heavy atom. The number of hydrogen-bond donors (Lipinski definition) is 1. The second kappa shape index (κ2) is 3.60. The van der Waals surface area contributed by atoms with Crippen LogP contribution in [0.15, 0.2) is 21.3 Å². The topological polar surface area (TPSA) is 68.1 Å². The first-order valence-electron chi connectivity index (χ1n) is 5.58. The quantitative estimate of drug-likeness (QED) is 0.713. The maximum absolute atomic E-state index is 11.9. The minimum Gasteiger partial charge on any atom is -0.493 e. The van der Waals surface area contributed by atoms with Crippen molar-refractivity contribution in [1.29, 1.82) is 0 Å². The molecule has 92 valence electrons. The van der Waals surface area contributed by atoms with Crippen molar-refractivity contribution in [3.8, 4) is 5.75 Å². The third-order valence-electron chi connectivity index (χ3n) is 2.90. The van der Waals surface area contributed by atoms with E-state index in [4.69, 9.17) is 9.15 Å². The lowest BCUT2D eigenvalue weighted by Gasteiger charge is -2.04. The molecule has 0 bridgehead atoms. The van der Waals surface area contributed by atoms with Crippen molar-refractivity contribution in [1.82, 2.24) is 9.97 Å². The fraction of sp³-hybridized carbons (Fsp3) is 0.231. The van der Waals surface area contributed by atoms with Gasteiger partial charge in [0, 0.05) is 0 Å². The predicted octanol–water partition coefficient (Wildman–Crippen LogP) is 2.29. The Morgan fingerprint density at radius 2 is 2.06 bits per heavy atom. The molecule has 0 saturated carbocycles. The molecule has 5 heteroatoms. The summed E-state index contributed by atoms with van der Waals surface area (Å²) < 4.78 is 10.9. The van der Waals surface area contributed by atoms with Crippen LogP contribution in [0.1, 0.15) is 11.6 Å². The lowest BCUT2D eigenvalue weighted by Crippen LogP contribution is -2.09. The highest BCUT2D eigenvalue weighted by atomic mass is 16.5. The molecule has 0 aliphatic rings. The number of aromatic amines is 1. The van der Waals surface area contributed by atoms with Crippen LogP contribution >= 0.6 is 0 Å². The Balaban J connectivity index is 2.62. The standard InChI is InChI=1S/C13H12N2O3/c1-6-4-8-11-9(13(16)15-7(2)14-11)5-10(17-3)12(8)18-6/h4-5H,1-3H3,(H,14,15,16). The van der Waals surface area contributed by atoms with E-state index in [0.717, 1.165) is 11.1 Å². The Kier molecular flexibility index (Phi) is 2.16. The van der Waals surface area contributed by atoms with E-state index in [1.165, 1.54) is 0 Å². The third-order valence-corrected chi connectivity index (χ3v) is 2.90. The van der Waals surface area contributed by atoms with Crippen molar-refractivity contribution in [2.24, 2.45) is 0 Å². The largest absolute Gasteiger partial charge is 0.493 e. The number of furan rings is 1. The van der Waals surface area contributed by atoms with Gasteiger partial charge in [0.25, 0.3) is 5.56 Å². The van der Waals surface area contributed by atoms with Crippen LogP contribution in [0, 0.1) is 13.8 Å². The van der Waals surface area contributed by atoms with Gasteiger partial charge in [0.15, 0.2) is 11.3 Å². The molecule has 3 rings (SSSR count). The van der Waals surface area contributed by atoms with Crippen LogP contribution in [0.25, 0.3) is 21.9 Å². The lowest BCUT2D eigenvalue weighted by molar-refractivity contribution is 0.409. The summed E-state index contributed by atoms with van der Waals surface area (Å²) in [6.07, 6.45) is 0. The number of fused-ring (bicyclic) bond motifs is 3. The van der Waals surface area contributed by atoms with Crippen molar-refractivity contribution in [3.63, 3.8) is 0 Å². The van der Waals surface area contributed by atoms with Gasteiger partial charge in [-0.05, 0) is 26.0 Å². The molecule has 5 nitrogen and oxygen atoms in total. The van der Waals surface area contributed by atoms with E-state index >= 15 is 0 Å². The van der Waals surface area contributed by atoms with Gasteiger partial charge >= 0.3 is 0 Å². The van der Waals surface area contributed by atoms with Crippen molar-refractivity contribution in [2.75, 3.05) is 7.11 Å². The van der Waals surface area contributed by atoms with Gasteiger partial charge < -0.3 is 14.1 Å². The molecule has 0 radical (unpaired) electrons. The second-order valence-electron chi connectivity index (χ2n) is 4.23. The van der Waals surface area contributed by atoms with E-state index in [0.29, 0.717) is 28.1 Å². The molecular weight excluding hydrogens is 232 g/mol. The monoisotopic (exact) mass is 244 g/mol. The van der Waals surface area contributed by atoms with E-state index in [9.17, 15) is 4.79 Å². The first kappa shape index (κ1) is 10.8. The van der Waals surface area contributed by atoms with Gasteiger partial charge in [-0.2, -0.15) is 0 Å².